The summed E-state index contributed by atoms with van der Waals surface area (Å²) in [4.78, 5) is 19.1. The molecule has 7 heteroatoms. The first-order valence-electron chi connectivity index (χ1n) is 10.3. The van der Waals surface area contributed by atoms with Crippen LogP contribution in [0.5, 0.6) is 0 Å². The van der Waals surface area contributed by atoms with E-state index in [2.05, 4.69) is 40.6 Å². The molecule has 1 atom stereocenters. The van der Waals surface area contributed by atoms with Crippen LogP contribution in [0.25, 0.3) is 0 Å². The lowest BCUT2D eigenvalue weighted by Crippen LogP contribution is -2.44. The highest BCUT2D eigenvalue weighted by Crippen LogP contribution is 2.27. The lowest BCUT2D eigenvalue weighted by atomic mass is 10.1. The fourth-order valence-corrected chi connectivity index (χ4v) is 3.85. The average Bonchev–Trinajstić information content (AvgIpc) is 3.22. The molecular formula is C22H32N6O. The third-order valence-electron chi connectivity index (χ3n) is 5.46. The minimum atomic E-state index is 0.0266. The Balaban J connectivity index is 1.63. The van der Waals surface area contributed by atoms with Crippen molar-refractivity contribution in [1.82, 2.24) is 20.4 Å². The van der Waals surface area contributed by atoms with Crippen molar-refractivity contribution in [3.05, 3.63) is 46.8 Å². The summed E-state index contributed by atoms with van der Waals surface area (Å²) >= 11 is 0. The van der Waals surface area contributed by atoms with Gasteiger partial charge in [0.15, 0.2) is 5.96 Å². The Morgan fingerprint density at radius 1 is 1.31 bits per heavy atom. The molecule has 1 unspecified atom stereocenters. The molecule has 1 amide bonds. The number of nitrogens with zero attached hydrogens (tertiary/aromatic N) is 4. The summed E-state index contributed by atoms with van der Waals surface area (Å²) in [7, 11) is 1.97. The van der Waals surface area contributed by atoms with E-state index in [1.165, 1.54) is 16.8 Å². The molecule has 1 aliphatic heterocycles. The maximum atomic E-state index is 12.7. The second kappa shape index (κ2) is 9.11. The van der Waals surface area contributed by atoms with E-state index in [1.807, 2.05) is 48.7 Å². The van der Waals surface area contributed by atoms with Crippen LogP contribution < -0.4 is 15.5 Å². The van der Waals surface area contributed by atoms with Crippen LogP contribution in [0.4, 0.5) is 5.69 Å². The minimum absolute atomic E-state index is 0.0266. The Morgan fingerprint density at radius 3 is 2.76 bits per heavy atom. The summed E-state index contributed by atoms with van der Waals surface area (Å²) in [5.74, 6) is 0.693. The fourth-order valence-electron chi connectivity index (χ4n) is 3.85. The molecule has 156 valence electrons. The SMILES string of the molecule is CCNC(=NCC(=O)N1CCc2ccccc21)NC(C)Cc1c(C)nn(C)c1C. The van der Waals surface area contributed by atoms with Crippen molar-refractivity contribution in [2.45, 2.75) is 46.6 Å². The van der Waals surface area contributed by atoms with Gasteiger partial charge in [0, 0.05) is 37.6 Å². The molecular weight excluding hydrogens is 364 g/mol. The predicted molar refractivity (Wildman–Crippen MR) is 117 cm³/mol. The molecule has 2 aromatic rings. The van der Waals surface area contributed by atoms with E-state index in [4.69, 9.17) is 0 Å². The standard InChI is InChI=1S/C22H32N6O/c1-6-23-22(25-15(2)13-19-16(3)26-27(5)17(19)4)24-14-21(29)28-12-11-18-9-7-8-10-20(18)28/h7-10,15H,6,11-14H2,1-5H3,(H2,23,24,25). The summed E-state index contributed by atoms with van der Waals surface area (Å²) in [6.45, 7) is 9.88. The number of para-hydroxylation sites is 1. The van der Waals surface area contributed by atoms with Crippen LogP contribution in [0.15, 0.2) is 29.3 Å². The van der Waals surface area contributed by atoms with Gasteiger partial charge in [-0.3, -0.25) is 9.48 Å². The minimum Gasteiger partial charge on any atom is -0.357 e. The molecule has 2 N–H and O–H groups in total. The summed E-state index contributed by atoms with van der Waals surface area (Å²) < 4.78 is 1.92. The maximum Gasteiger partial charge on any atom is 0.248 e. The summed E-state index contributed by atoms with van der Waals surface area (Å²) in [6.07, 6.45) is 1.76. The zero-order valence-corrected chi connectivity index (χ0v) is 18.1. The van der Waals surface area contributed by atoms with Crippen LogP contribution >= 0.6 is 0 Å². The molecule has 0 radical (unpaired) electrons. The first-order chi connectivity index (χ1) is 13.9. The number of nitrogens with one attached hydrogen (secondary N) is 2. The Morgan fingerprint density at radius 2 is 2.07 bits per heavy atom. The highest BCUT2D eigenvalue weighted by molar-refractivity contribution is 5.98. The van der Waals surface area contributed by atoms with Crippen LogP contribution in [0.2, 0.25) is 0 Å². The third-order valence-corrected chi connectivity index (χ3v) is 5.46. The number of hydrogen-bond donors (Lipinski definition) is 2. The van der Waals surface area contributed by atoms with Gasteiger partial charge in [0.2, 0.25) is 5.91 Å². The number of fused-ring (bicyclic) bond motifs is 1. The third kappa shape index (κ3) is 4.78. The molecule has 29 heavy (non-hydrogen) atoms. The van der Waals surface area contributed by atoms with Gasteiger partial charge < -0.3 is 15.5 Å². The van der Waals surface area contributed by atoms with Gasteiger partial charge >= 0.3 is 0 Å². The average molecular weight is 397 g/mol. The van der Waals surface area contributed by atoms with Crippen LogP contribution in [0.3, 0.4) is 0 Å². The molecule has 1 aromatic heterocycles. The van der Waals surface area contributed by atoms with E-state index in [-0.39, 0.29) is 18.5 Å². The van der Waals surface area contributed by atoms with Crippen LogP contribution in [0.1, 0.15) is 36.4 Å². The summed E-state index contributed by atoms with van der Waals surface area (Å²) in [5.41, 5.74) is 5.74. The van der Waals surface area contributed by atoms with Crippen LogP contribution in [-0.4, -0.2) is 47.3 Å². The first-order valence-corrected chi connectivity index (χ1v) is 10.3. The molecule has 7 nitrogen and oxygen atoms in total. The molecule has 0 bridgehead atoms. The van der Waals surface area contributed by atoms with E-state index >= 15 is 0 Å². The second-order valence-electron chi connectivity index (χ2n) is 7.64. The van der Waals surface area contributed by atoms with E-state index in [0.29, 0.717) is 5.96 Å². The van der Waals surface area contributed by atoms with E-state index in [0.717, 1.165) is 37.3 Å². The normalized spacial score (nSPS) is 14.7. The first kappa shape index (κ1) is 20.9. The smallest absolute Gasteiger partial charge is 0.248 e. The number of amides is 1. The molecule has 0 aliphatic carbocycles. The number of rotatable bonds is 6. The molecule has 0 saturated carbocycles. The Kier molecular flexibility index (Phi) is 6.56. The highest BCUT2D eigenvalue weighted by Gasteiger charge is 2.23. The zero-order valence-electron chi connectivity index (χ0n) is 18.1. The molecule has 2 heterocycles. The maximum absolute atomic E-state index is 12.7. The highest BCUT2D eigenvalue weighted by atomic mass is 16.2. The van der Waals surface area contributed by atoms with Gasteiger partial charge in [0.1, 0.15) is 6.54 Å². The number of aliphatic imine (C=N–C) groups is 1. The largest absolute Gasteiger partial charge is 0.357 e. The van der Waals surface area contributed by atoms with E-state index < -0.39 is 0 Å². The number of carbonyl (C=O) groups is 1. The van der Waals surface area contributed by atoms with Gasteiger partial charge in [-0.1, -0.05) is 18.2 Å². The molecule has 0 spiro atoms. The van der Waals surface area contributed by atoms with Crippen molar-refractivity contribution >= 4 is 17.6 Å². The number of carbonyl (C=O) groups excluding carboxylic acids is 1. The summed E-state index contributed by atoms with van der Waals surface area (Å²) in [6, 6.07) is 8.25. The molecule has 0 saturated heterocycles. The van der Waals surface area contributed by atoms with Crippen molar-refractivity contribution in [2.75, 3.05) is 24.5 Å². The number of benzene rings is 1. The summed E-state index contributed by atoms with van der Waals surface area (Å²) in [5, 5.41) is 11.2. The topological polar surface area (TPSA) is 74.6 Å². The van der Waals surface area contributed by atoms with Crippen molar-refractivity contribution in [2.24, 2.45) is 12.0 Å². The Hall–Kier alpha value is -2.83. The van der Waals surface area contributed by atoms with Gasteiger partial charge in [0.25, 0.3) is 0 Å². The van der Waals surface area contributed by atoms with Crippen molar-refractivity contribution in [3.8, 4) is 0 Å². The molecule has 1 aliphatic rings. The van der Waals surface area contributed by atoms with Gasteiger partial charge in [-0.25, -0.2) is 4.99 Å². The van der Waals surface area contributed by atoms with Gasteiger partial charge in [0.05, 0.1) is 5.69 Å². The van der Waals surface area contributed by atoms with Gasteiger partial charge in [-0.05, 0) is 57.7 Å². The van der Waals surface area contributed by atoms with Crippen molar-refractivity contribution in [1.29, 1.82) is 0 Å². The number of aromatic nitrogens is 2. The number of anilines is 1. The zero-order chi connectivity index (χ0) is 21.0. The van der Waals surface area contributed by atoms with Gasteiger partial charge in [-0.2, -0.15) is 5.10 Å². The quantitative estimate of drug-likeness (QED) is 0.579. The predicted octanol–water partition coefficient (Wildman–Crippen LogP) is 2.11. The van der Waals surface area contributed by atoms with Crippen molar-refractivity contribution < 1.29 is 4.79 Å². The Labute approximate surface area is 173 Å². The molecule has 1 aromatic carbocycles. The lowest BCUT2D eigenvalue weighted by molar-refractivity contribution is -0.117. The molecule has 3 rings (SSSR count). The molecule has 0 fully saturated rings. The number of guanidine groups is 1. The van der Waals surface area contributed by atoms with Crippen LogP contribution in [0, 0.1) is 13.8 Å². The number of hydrogen-bond acceptors (Lipinski definition) is 3. The van der Waals surface area contributed by atoms with Gasteiger partial charge in [-0.15, -0.1) is 0 Å². The lowest BCUT2D eigenvalue weighted by Gasteiger charge is -2.19. The van der Waals surface area contributed by atoms with E-state index in [1.54, 1.807) is 0 Å². The van der Waals surface area contributed by atoms with Crippen LogP contribution in [-0.2, 0) is 24.7 Å². The fraction of sp³-hybridized carbons (Fsp3) is 0.500. The van der Waals surface area contributed by atoms with E-state index in [9.17, 15) is 4.79 Å². The second-order valence-corrected chi connectivity index (χ2v) is 7.64. The number of aryl methyl sites for hydroxylation is 2. The Bertz CT molecular complexity index is 901. The van der Waals surface area contributed by atoms with Crippen molar-refractivity contribution in [3.63, 3.8) is 0 Å². The monoisotopic (exact) mass is 396 g/mol.